The third-order valence-electron chi connectivity index (χ3n) is 5.41. The van der Waals surface area contributed by atoms with Gasteiger partial charge in [-0.25, -0.2) is 8.78 Å². The molecule has 0 spiro atoms. The van der Waals surface area contributed by atoms with Gasteiger partial charge < -0.3 is 19.7 Å². The Kier molecular flexibility index (Phi) is 7.94. The molecule has 1 unspecified atom stereocenters. The Morgan fingerprint density at radius 2 is 2.00 bits per heavy atom. The van der Waals surface area contributed by atoms with Gasteiger partial charge in [-0.15, -0.1) is 0 Å². The fraction of sp³-hybridized carbons (Fsp3) is 0.619. The van der Waals surface area contributed by atoms with Gasteiger partial charge in [0.05, 0.1) is 18.3 Å². The number of likely N-dealkylation sites (tertiary alicyclic amines) is 1. The van der Waals surface area contributed by atoms with Crippen LogP contribution >= 0.6 is 0 Å². The molecule has 1 N–H and O–H groups in total. The van der Waals surface area contributed by atoms with Gasteiger partial charge in [-0.1, -0.05) is 0 Å². The highest BCUT2D eigenvalue weighted by Gasteiger charge is 2.28. The molecule has 8 heteroatoms. The highest BCUT2D eigenvalue weighted by atomic mass is 19.1. The highest BCUT2D eigenvalue weighted by molar-refractivity contribution is 5.94. The van der Waals surface area contributed by atoms with E-state index >= 15 is 0 Å². The van der Waals surface area contributed by atoms with Crippen LogP contribution in [-0.4, -0.2) is 62.3 Å². The van der Waals surface area contributed by atoms with E-state index in [-0.39, 0.29) is 23.5 Å². The van der Waals surface area contributed by atoms with Crippen LogP contribution in [0.3, 0.4) is 0 Å². The number of nitrogens with one attached hydrogen (secondary N) is 1. The summed E-state index contributed by atoms with van der Waals surface area (Å²) >= 11 is 0. The molecule has 0 aliphatic carbocycles. The monoisotopic (exact) mass is 410 g/mol. The van der Waals surface area contributed by atoms with Crippen molar-refractivity contribution in [3.05, 3.63) is 35.4 Å². The molecule has 3 rings (SSSR count). The van der Waals surface area contributed by atoms with Crippen molar-refractivity contribution in [3.8, 4) is 0 Å². The van der Waals surface area contributed by atoms with Crippen molar-refractivity contribution < 1.29 is 27.8 Å². The third-order valence-corrected chi connectivity index (χ3v) is 5.41. The smallest absolute Gasteiger partial charge is 0.256 e. The lowest BCUT2D eigenvalue weighted by molar-refractivity contribution is -0.126. The maximum atomic E-state index is 13.8. The number of amides is 2. The van der Waals surface area contributed by atoms with Crippen LogP contribution in [0.4, 0.5) is 8.78 Å². The van der Waals surface area contributed by atoms with E-state index in [9.17, 15) is 18.4 Å². The maximum absolute atomic E-state index is 13.8. The van der Waals surface area contributed by atoms with Crippen molar-refractivity contribution in [3.63, 3.8) is 0 Å². The van der Waals surface area contributed by atoms with Crippen LogP contribution in [0.2, 0.25) is 0 Å². The molecule has 1 aromatic rings. The molecule has 1 aromatic carbocycles. The summed E-state index contributed by atoms with van der Waals surface area (Å²) < 4.78 is 37.9. The molecule has 160 valence electrons. The quantitative estimate of drug-likeness (QED) is 0.669. The van der Waals surface area contributed by atoms with Crippen LogP contribution in [0.1, 0.15) is 42.5 Å². The van der Waals surface area contributed by atoms with E-state index in [1.54, 1.807) is 0 Å². The van der Waals surface area contributed by atoms with Crippen molar-refractivity contribution in [1.29, 1.82) is 0 Å². The maximum Gasteiger partial charge on any atom is 0.256 e. The molecule has 6 nitrogen and oxygen atoms in total. The number of carbonyl (C=O) groups is 2. The normalized spacial score (nSPS) is 20.1. The first-order valence-electron chi connectivity index (χ1n) is 10.3. The standard InChI is InChI=1S/C21H28F2N2O4/c22-16-4-5-18(19(23)13-16)21(27)25-9-6-15(7-10-25)20(26)24-8-2-11-28-14-17-3-1-12-29-17/h4-5,13,15,17H,1-3,6-12,14H2,(H,24,26). The van der Waals surface area contributed by atoms with Gasteiger partial charge in [-0.3, -0.25) is 9.59 Å². The predicted molar refractivity (Wildman–Crippen MR) is 102 cm³/mol. The minimum absolute atomic E-state index is 0.0239. The fourth-order valence-electron chi connectivity index (χ4n) is 3.70. The average molecular weight is 410 g/mol. The second-order valence-electron chi connectivity index (χ2n) is 7.55. The Morgan fingerprint density at radius 1 is 1.21 bits per heavy atom. The minimum atomic E-state index is -0.864. The van der Waals surface area contributed by atoms with E-state index in [0.29, 0.717) is 51.8 Å². The van der Waals surface area contributed by atoms with Gasteiger partial charge in [0.1, 0.15) is 11.6 Å². The molecule has 2 aliphatic heterocycles. The molecule has 2 saturated heterocycles. The van der Waals surface area contributed by atoms with Gasteiger partial charge in [0.2, 0.25) is 5.91 Å². The molecule has 2 fully saturated rings. The number of ether oxygens (including phenoxy) is 2. The molecule has 2 heterocycles. The summed E-state index contributed by atoms with van der Waals surface area (Å²) in [6.07, 6.45) is 4.13. The van der Waals surface area contributed by atoms with E-state index in [0.717, 1.165) is 38.0 Å². The van der Waals surface area contributed by atoms with Gasteiger partial charge in [0.25, 0.3) is 5.91 Å². The summed E-state index contributed by atoms with van der Waals surface area (Å²) in [5.41, 5.74) is -0.141. The van der Waals surface area contributed by atoms with Crippen LogP contribution in [0.15, 0.2) is 18.2 Å². The van der Waals surface area contributed by atoms with Crippen molar-refractivity contribution in [2.45, 2.75) is 38.2 Å². The molecule has 0 aromatic heterocycles. The average Bonchev–Trinajstić information content (AvgIpc) is 3.23. The molecular formula is C21H28F2N2O4. The minimum Gasteiger partial charge on any atom is -0.379 e. The molecule has 0 radical (unpaired) electrons. The van der Waals surface area contributed by atoms with E-state index < -0.39 is 17.5 Å². The number of rotatable bonds is 8. The number of hydrogen-bond acceptors (Lipinski definition) is 4. The summed E-state index contributed by atoms with van der Waals surface area (Å²) in [6, 6.07) is 2.94. The zero-order chi connectivity index (χ0) is 20.6. The summed E-state index contributed by atoms with van der Waals surface area (Å²) in [6.45, 7) is 3.29. The first-order chi connectivity index (χ1) is 14.0. The lowest BCUT2D eigenvalue weighted by Gasteiger charge is -2.31. The van der Waals surface area contributed by atoms with Gasteiger partial charge in [0, 0.05) is 44.8 Å². The molecular weight excluding hydrogens is 382 g/mol. The van der Waals surface area contributed by atoms with E-state index in [4.69, 9.17) is 9.47 Å². The van der Waals surface area contributed by atoms with Crippen molar-refractivity contribution in [2.75, 3.05) is 39.5 Å². The lowest BCUT2D eigenvalue weighted by Crippen LogP contribution is -2.43. The van der Waals surface area contributed by atoms with Crippen molar-refractivity contribution >= 4 is 11.8 Å². The van der Waals surface area contributed by atoms with Gasteiger partial charge in [0.15, 0.2) is 0 Å². The summed E-state index contributed by atoms with van der Waals surface area (Å²) in [4.78, 5) is 26.2. The van der Waals surface area contributed by atoms with E-state index in [2.05, 4.69) is 5.32 Å². The predicted octanol–water partition coefficient (Wildman–Crippen LogP) is 2.52. The zero-order valence-electron chi connectivity index (χ0n) is 16.5. The number of halogens is 2. The molecule has 0 saturated carbocycles. The van der Waals surface area contributed by atoms with Crippen molar-refractivity contribution in [2.24, 2.45) is 5.92 Å². The van der Waals surface area contributed by atoms with Crippen LogP contribution in [0, 0.1) is 17.6 Å². The highest BCUT2D eigenvalue weighted by Crippen LogP contribution is 2.20. The Bertz CT molecular complexity index is 702. The Morgan fingerprint density at radius 3 is 2.69 bits per heavy atom. The summed E-state index contributed by atoms with van der Waals surface area (Å²) in [7, 11) is 0. The Labute approximate surface area is 169 Å². The SMILES string of the molecule is O=C(NCCCOCC1CCCO1)C1CCN(C(=O)c2ccc(F)cc2F)CC1. The molecule has 1 atom stereocenters. The first-order valence-corrected chi connectivity index (χ1v) is 10.3. The number of nitrogens with zero attached hydrogens (tertiary/aromatic N) is 1. The molecule has 29 heavy (non-hydrogen) atoms. The Balaban J connectivity index is 1.32. The summed E-state index contributed by atoms with van der Waals surface area (Å²) in [5, 5.41) is 2.92. The Hall–Kier alpha value is -2.06. The number of benzene rings is 1. The largest absolute Gasteiger partial charge is 0.379 e. The second-order valence-corrected chi connectivity index (χ2v) is 7.55. The number of piperidine rings is 1. The van der Waals surface area contributed by atoms with Crippen LogP contribution in [0.5, 0.6) is 0 Å². The topological polar surface area (TPSA) is 67.9 Å². The third kappa shape index (κ3) is 6.21. The molecule has 2 amide bonds. The van der Waals surface area contributed by atoms with Gasteiger partial charge in [-0.2, -0.15) is 0 Å². The molecule has 0 bridgehead atoms. The van der Waals surface area contributed by atoms with E-state index in [1.165, 1.54) is 4.90 Å². The number of carbonyl (C=O) groups excluding carboxylic acids is 2. The van der Waals surface area contributed by atoms with Gasteiger partial charge in [-0.05, 0) is 44.2 Å². The van der Waals surface area contributed by atoms with Crippen LogP contribution < -0.4 is 5.32 Å². The fourth-order valence-corrected chi connectivity index (χ4v) is 3.70. The van der Waals surface area contributed by atoms with E-state index in [1.807, 2.05) is 0 Å². The number of hydrogen-bond donors (Lipinski definition) is 1. The van der Waals surface area contributed by atoms with Crippen LogP contribution in [-0.2, 0) is 14.3 Å². The van der Waals surface area contributed by atoms with Crippen LogP contribution in [0.25, 0.3) is 0 Å². The second kappa shape index (κ2) is 10.6. The molecule has 2 aliphatic rings. The lowest BCUT2D eigenvalue weighted by atomic mass is 9.95. The first kappa shape index (κ1) is 21.6. The van der Waals surface area contributed by atoms with Gasteiger partial charge >= 0.3 is 0 Å². The zero-order valence-corrected chi connectivity index (χ0v) is 16.5. The van der Waals surface area contributed by atoms with Crippen molar-refractivity contribution in [1.82, 2.24) is 10.2 Å². The summed E-state index contributed by atoms with van der Waals surface area (Å²) in [5.74, 6) is -2.23.